The highest BCUT2D eigenvalue weighted by Gasteiger charge is 2.15. The molecule has 0 N–H and O–H groups in total. The molecule has 38 heavy (non-hydrogen) atoms. The second-order valence-corrected chi connectivity index (χ2v) is 9.10. The van der Waals surface area contributed by atoms with E-state index in [0.717, 1.165) is 39.1 Å². The number of fused-ring (bicyclic) bond motifs is 3. The Kier molecular flexibility index (Phi) is 5.25. The second kappa shape index (κ2) is 9.05. The van der Waals surface area contributed by atoms with Crippen molar-refractivity contribution < 1.29 is 9.47 Å². The Morgan fingerprint density at radius 2 is 1.61 bits per heavy atom. The fourth-order valence-corrected chi connectivity index (χ4v) is 4.87. The van der Waals surface area contributed by atoms with Gasteiger partial charge in [0.2, 0.25) is 6.79 Å². The summed E-state index contributed by atoms with van der Waals surface area (Å²) in [6.07, 6.45) is 3.79. The topological polar surface area (TPSA) is 70.6 Å². The fourth-order valence-electron chi connectivity index (χ4n) is 4.87. The van der Waals surface area contributed by atoms with Gasteiger partial charge in [0, 0.05) is 34.8 Å². The van der Waals surface area contributed by atoms with Crippen molar-refractivity contribution in [1.82, 2.24) is 14.2 Å². The van der Waals surface area contributed by atoms with Crippen molar-refractivity contribution >= 4 is 28.0 Å². The lowest BCUT2D eigenvalue weighted by Gasteiger charge is -2.09. The minimum Gasteiger partial charge on any atom is -0.454 e. The van der Waals surface area contributed by atoms with Crippen molar-refractivity contribution in [3.63, 3.8) is 0 Å². The van der Waals surface area contributed by atoms with Gasteiger partial charge in [0.15, 0.2) is 17.3 Å². The summed E-state index contributed by atoms with van der Waals surface area (Å²) in [4.78, 5) is 18.3. The molecule has 0 saturated heterocycles. The Hall–Kier alpha value is -5.17. The molecule has 184 valence electrons. The van der Waals surface area contributed by atoms with E-state index in [1.165, 1.54) is 4.68 Å². The van der Waals surface area contributed by atoms with Gasteiger partial charge in [-0.25, -0.2) is 4.98 Å². The Labute approximate surface area is 217 Å². The molecule has 0 unspecified atom stereocenters. The van der Waals surface area contributed by atoms with Gasteiger partial charge in [-0.2, -0.15) is 9.78 Å². The zero-order chi connectivity index (χ0) is 25.5. The van der Waals surface area contributed by atoms with E-state index in [1.807, 2.05) is 78.9 Å². The standard InChI is InChI=1S/C31H22N4O3/c36-31-25-11-4-6-12-26(25)33-30(22-8-2-1-3-9-22)35(31)32-17-23-19-34(27-13-7-5-10-24(23)27)18-21-14-15-28-29(16-21)38-20-37-28/h1-17,19H,18,20H2. The van der Waals surface area contributed by atoms with Crippen LogP contribution < -0.4 is 15.0 Å². The van der Waals surface area contributed by atoms with E-state index >= 15 is 0 Å². The smallest absolute Gasteiger partial charge is 0.282 e. The molecule has 7 rings (SSSR count). The molecule has 1 aliphatic rings. The molecule has 0 radical (unpaired) electrons. The van der Waals surface area contributed by atoms with Gasteiger partial charge >= 0.3 is 0 Å². The monoisotopic (exact) mass is 498 g/mol. The van der Waals surface area contributed by atoms with Crippen molar-refractivity contribution in [2.75, 3.05) is 6.79 Å². The van der Waals surface area contributed by atoms with Crippen LogP contribution >= 0.6 is 0 Å². The van der Waals surface area contributed by atoms with Gasteiger partial charge in [0.1, 0.15) is 0 Å². The first-order chi connectivity index (χ1) is 18.7. The first kappa shape index (κ1) is 22.1. The zero-order valence-electron chi connectivity index (χ0n) is 20.3. The maximum Gasteiger partial charge on any atom is 0.282 e. The predicted molar refractivity (Wildman–Crippen MR) is 148 cm³/mol. The van der Waals surface area contributed by atoms with Gasteiger partial charge in [0.05, 0.1) is 17.1 Å². The fraction of sp³-hybridized carbons (Fsp3) is 0.0645. The Morgan fingerprint density at radius 1 is 0.842 bits per heavy atom. The van der Waals surface area contributed by atoms with Crippen LogP contribution in [0.2, 0.25) is 0 Å². The van der Waals surface area contributed by atoms with Gasteiger partial charge in [-0.15, -0.1) is 0 Å². The lowest BCUT2D eigenvalue weighted by Crippen LogP contribution is -2.20. The number of ether oxygens (including phenoxy) is 2. The van der Waals surface area contributed by atoms with Crippen LogP contribution in [-0.4, -0.2) is 27.2 Å². The Morgan fingerprint density at radius 3 is 2.50 bits per heavy atom. The average Bonchev–Trinajstić information content (AvgIpc) is 3.57. The van der Waals surface area contributed by atoms with E-state index in [2.05, 4.69) is 28.0 Å². The molecule has 6 aromatic rings. The van der Waals surface area contributed by atoms with Crippen LogP contribution in [0.4, 0.5) is 0 Å². The van der Waals surface area contributed by atoms with E-state index in [4.69, 9.17) is 14.5 Å². The third-order valence-corrected chi connectivity index (χ3v) is 6.71. The van der Waals surface area contributed by atoms with E-state index in [0.29, 0.717) is 23.3 Å². The maximum absolute atomic E-state index is 13.5. The second-order valence-electron chi connectivity index (χ2n) is 9.10. The highest BCUT2D eigenvalue weighted by Crippen LogP contribution is 2.33. The van der Waals surface area contributed by atoms with Crippen LogP contribution in [0.1, 0.15) is 11.1 Å². The summed E-state index contributed by atoms with van der Waals surface area (Å²) in [7, 11) is 0. The van der Waals surface area contributed by atoms with Crippen LogP contribution in [0.3, 0.4) is 0 Å². The van der Waals surface area contributed by atoms with Crippen LogP contribution in [0, 0.1) is 0 Å². The van der Waals surface area contributed by atoms with Gasteiger partial charge < -0.3 is 14.0 Å². The molecular formula is C31H22N4O3. The zero-order valence-corrected chi connectivity index (χ0v) is 20.3. The highest BCUT2D eigenvalue weighted by atomic mass is 16.7. The number of para-hydroxylation sites is 2. The Balaban J connectivity index is 1.33. The molecule has 0 fully saturated rings. The average molecular weight is 499 g/mol. The first-order valence-corrected chi connectivity index (χ1v) is 12.3. The normalized spacial score (nSPS) is 12.6. The van der Waals surface area contributed by atoms with Crippen LogP contribution in [0.5, 0.6) is 11.5 Å². The van der Waals surface area contributed by atoms with Crippen LogP contribution in [0.15, 0.2) is 113 Å². The van der Waals surface area contributed by atoms with Crippen molar-refractivity contribution in [2.45, 2.75) is 6.54 Å². The maximum atomic E-state index is 13.5. The highest BCUT2D eigenvalue weighted by molar-refractivity contribution is 5.99. The van der Waals surface area contributed by atoms with E-state index in [-0.39, 0.29) is 12.4 Å². The molecule has 0 aliphatic carbocycles. The van der Waals surface area contributed by atoms with Gasteiger partial charge in [-0.1, -0.05) is 66.7 Å². The summed E-state index contributed by atoms with van der Waals surface area (Å²) in [6, 6.07) is 31.2. The van der Waals surface area contributed by atoms with Gasteiger partial charge in [-0.3, -0.25) is 4.79 Å². The van der Waals surface area contributed by atoms with E-state index in [1.54, 1.807) is 12.3 Å². The van der Waals surface area contributed by atoms with Crippen molar-refractivity contribution in [2.24, 2.45) is 5.10 Å². The van der Waals surface area contributed by atoms with E-state index in [9.17, 15) is 4.79 Å². The number of nitrogens with zero attached hydrogens (tertiary/aromatic N) is 4. The molecule has 7 nitrogen and oxygen atoms in total. The van der Waals surface area contributed by atoms with Crippen molar-refractivity contribution in [3.05, 3.63) is 125 Å². The lowest BCUT2D eigenvalue weighted by atomic mass is 10.2. The summed E-state index contributed by atoms with van der Waals surface area (Å²) in [6.45, 7) is 0.900. The summed E-state index contributed by atoms with van der Waals surface area (Å²) in [5.41, 5.74) is 4.31. The third-order valence-electron chi connectivity index (χ3n) is 6.71. The van der Waals surface area contributed by atoms with Crippen LogP contribution in [-0.2, 0) is 6.54 Å². The molecule has 7 heteroatoms. The summed E-state index contributed by atoms with van der Waals surface area (Å²) >= 11 is 0. The Bertz CT molecular complexity index is 1900. The molecule has 2 aromatic heterocycles. The number of hydrogen-bond acceptors (Lipinski definition) is 5. The number of aromatic nitrogens is 3. The molecule has 0 saturated carbocycles. The predicted octanol–water partition coefficient (Wildman–Crippen LogP) is 5.68. The molecular weight excluding hydrogens is 476 g/mol. The van der Waals surface area contributed by atoms with Crippen molar-refractivity contribution in [1.29, 1.82) is 0 Å². The molecule has 0 amide bonds. The van der Waals surface area contributed by atoms with E-state index < -0.39 is 0 Å². The SMILES string of the molecule is O=c1c2ccccc2nc(-c2ccccc2)n1N=Cc1cn(Cc2ccc3c(c2)OCO3)c2ccccc12. The molecule has 4 aromatic carbocycles. The quantitative estimate of drug-likeness (QED) is 0.287. The molecule has 0 atom stereocenters. The number of rotatable bonds is 5. The lowest BCUT2D eigenvalue weighted by molar-refractivity contribution is 0.174. The molecule has 0 bridgehead atoms. The number of hydrogen-bond donors (Lipinski definition) is 0. The minimum atomic E-state index is -0.213. The molecule has 3 heterocycles. The largest absolute Gasteiger partial charge is 0.454 e. The van der Waals surface area contributed by atoms with Crippen molar-refractivity contribution in [3.8, 4) is 22.9 Å². The minimum absolute atomic E-state index is 0.213. The number of benzene rings is 4. The summed E-state index contributed by atoms with van der Waals surface area (Å²) < 4.78 is 14.6. The summed E-state index contributed by atoms with van der Waals surface area (Å²) in [5, 5.41) is 6.25. The summed E-state index contributed by atoms with van der Waals surface area (Å²) in [5.74, 6) is 2.02. The van der Waals surface area contributed by atoms with Crippen LogP contribution in [0.25, 0.3) is 33.2 Å². The first-order valence-electron chi connectivity index (χ1n) is 12.3. The van der Waals surface area contributed by atoms with Gasteiger partial charge in [0.25, 0.3) is 5.56 Å². The third kappa shape index (κ3) is 3.81. The molecule has 1 aliphatic heterocycles. The molecule has 0 spiro atoms. The van der Waals surface area contributed by atoms with Gasteiger partial charge in [-0.05, 0) is 35.9 Å².